The van der Waals surface area contributed by atoms with Crippen molar-refractivity contribution < 1.29 is 4.39 Å². The van der Waals surface area contributed by atoms with Gasteiger partial charge in [-0.2, -0.15) is 0 Å². The van der Waals surface area contributed by atoms with Gasteiger partial charge in [0.2, 0.25) is 0 Å². The summed E-state index contributed by atoms with van der Waals surface area (Å²) in [6.07, 6.45) is 5.06. The summed E-state index contributed by atoms with van der Waals surface area (Å²) < 4.78 is 12.9. The molecule has 1 aromatic rings. The first kappa shape index (κ1) is 15.9. The van der Waals surface area contributed by atoms with Gasteiger partial charge in [-0.3, -0.25) is 0 Å². The van der Waals surface area contributed by atoms with Gasteiger partial charge < -0.3 is 10.6 Å². The van der Waals surface area contributed by atoms with Gasteiger partial charge >= 0.3 is 0 Å². The van der Waals surface area contributed by atoms with Crippen LogP contribution < -0.4 is 10.6 Å². The van der Waals surface area contributed by atoms with Gasteiger partial charge in [0, 0.05) is 17.9 Å². The molecule has 4 heteroatoms. The molecule has 0 spiro atoms. The largest absolute Gasteiger partial charge is 0.317 e. The number of rotatable bonds is 5. The molecule has 3 atom stereocenters. The molecular formula is C16H26FN2P. The molecule has 0 bridgehead atoms. The predicted molar refractivity (Wildman–Crippen MR) is 86.3 cm³/mol. The Morgan fingerprint density at radius 3 is 2.30 bits per heavy atom. The first-order valence-electron chi connectivity index (χ1n) is 7.54. The maximum Gasteiger partial charge on any atom is 0.123 e. The lowest BCUT2D eigenvalue weighted by atomic mass is 9.85. The molecule has 0 saturated heterocycles. The molecule has 0 amide bonds. The van der Waals surface area contributed by atoms with Gasteiger partial charge in [0.1, 0.15) is 5.82 Å². The van der Waals surface area contributed by atoms with E-state index < -0.39 is 0 Å². The SMILES string of the molecule is CN[C@H]1CC[C@H](C(P)N[C@H](C)c2ccc(F)cc2)CC1. The third-order valence-electron chi connectivity index (χ3n) is 4.50. The molecule has 1 aromatic carbocycles. The van der Waals surface area contributed by atoms with Crippen molar-refractivity contribution in [2.75, 3.05) is 7.05 Å². The average Bonchev–Trinajstić information content (AvgIpc) is 2.48. The van der Waals surface area contributed by atoms with Crippen molar-refractivity contribution in [1.29, 1.82) is 0 Å². The highest BCUT2D eigenvalue weighted by Crippen LogP contribution is 2.30. The molecule has 2 nitrogen and oxygen atoms in total. The van der Waals surface area contributed by atoms with E-state index in [2.05, 4.69) is 33.8 Å². The molecule has 112 valence electrons. The van der Waals surface area contributed by atoms with E-state index in [1.807, 2.05) is 12.1 Å². The zero-order valence-electron chi connectivity index (χ0n) is 12.4. The first-order valence-corrected chi connectivity index (χ1v) is 8.21. The van der Waals surface area contributed by atoms with E-state index in [9.17, 15) is 4.39 Å². The summed E-state index contributed by atoms with van der Waals surface area (Å²) in [6, 6.07) is 7.73. The Labute approximate surface area is 124 Å². The van der Waals surface area contributed by atoms with E-state index in [1.165, 1.54) is 37.8 Å². The Bertz CT molecular complexity index is 401. The highest BCUT2D eigenvalue weighted by atomic mass is 31.0. The third kappa shape index (κ3) is 4.25. The van der Waals surface area contributed by atoms with E-state index in [1.54, 1.807) is 0 Å². The van der Waals surface area contributed by atoms with Crippen molar-refractivity contribution in [3.8, 4) is 0 Å². The van der Waals surface area contributed by atoms with E-state index in [0.717, 1.165) is 5.56 Å². The van der Waals surface area contributed by atoms with Crippen LogP contribution in [0.5, 0.6) is 0 Å². The molecular weight excluding hydrogens is 270 g/mol. The number of hydrogen-bond donors (Lipinski definition) is 2. The topological polar surface area (TPSA) is 24.1 Å². The molecule has 2 N–H and O–H groups in total. The molecule has 0 aliphatic heterocycles. The second kappa shape index (κ2) is 7.49. The minimum Gasteiger partial charge on any atom is -0.317 e. The van der Waals surface area contributed by atoms with Crippen LogP contribution in [0, 0.1) is 11.7 Å². The Balaban J connectivity index is 1.84. The summed E-state index contributed by atoms with van der Waals surface area (Å²) in [6.45, 7) is 2.14. The third-order valence-corrected chi connectivity index (χ3v) is 5.24. The van der Waals surface area contributed by atoms with Crippen molar-refractivity contribution in [3.63, 3.8) is 0 Å². The van der Waals surface area contributed by atoms with Crippen molar-refractivity contribution in [2.24, 2.45) is 5.92 Å². The number of benzene rings is 1. The molecule has 1 fully saturated rings. The lowest BCUT2D eigenvalue weighted by molar-refractivity contribution is 0.272. The number of hydrogen-bond acceptors (Lipinski definition) is 2. The van der Waals surface area contributed by atoms with Crippen LogP contribution in [-0.2, 0) is 0 Å². The van der Waals surface area contributed by atoms with Crippen LogP contribution in [0.2, 0.25) is 0 Å². The van der Waals surface area contributed by atoms with Crippen LogP contribution in [-0.4, -0.2) is 18.9 Å². The summed E-state index contributed by atoms with van der Waals surface area (Å²) in [4.78, 5) is 0. The van der Waals surface area contributed by atoms with E-state index in [4.69, 9.17) is 0 Å². The Hall–Kier alpha value is -0.500. The first-order chi connectivity index (χ1) is 9.60. The molecule has 20 heavy (non-hydrogen) atoms. The fraction of sp³-hybridized carbons (Fsp3) is 0.625. The van der Waals surface area contributed by atoms with Gasteiger partial charge in [0.15, 0.2) is 0 Å². The fourth-order valence-corrected chi connectivity index (χ4v) is 3.71. The summed E-state index contributed by atoms with van der Waals surface area (Å²) in [5.41, 5.74) is 1.14. The van der Waals surface area contributed by atoms with Gasteiger partial charge in [0.05, 0.1) is 0 Å². The maximum absolute atomic E-state index is 12.9. The normalized spacial score (nSPS) is 26.2. The minimum atomic E-state index is -0.172. The van der Waals surface area contributed by atoms with Crippen molar-refractivity contribution >= 4 is 9.24 Å². The molecule has 0 heterocycles. The molecule has 1 aliphatic rings. The number of halogens is 1. The summed E-state index contributed by atoms with van der Waals surface area (Å²) in [5.74, 6) is 0.967. The lowest BCUT2D eigenvalue weighted by Gasteiger charge is -2.34. The second-order valence-corrected chi connectivity index (χ2v) is 6.58. The summed E-state index contributed by atoms with van der Waals surface area (Å²) in [5, 5.41) is 7.01. The Kier molecular flexibility index (Phi) is 5.95. The summed E-state index contributed by atoms with van der Waals surface area (Å²) in [7, 11) is 5.01. The van der Waals surface area contributed by atoms with Crippen LogP contribution in [0.3, 0.4) is 0 Å². The van der Waals surface area contributed by atoms with Gasteiger partial charge in [-0.1, -0.05) is 12.1 Å². The van der Waals surface area contributed by atoms with Gasteiger partial charge in [0.25, 0.3) is 0 Å². The standard InChI is InChI=1S/C16H26FN2P/c1-11(12-3-7-14(17)8-4-12)19-16(20)13-5-9-15(18-2)10-6-13/h3-4,7-8,11,13,15-16,18-19H,5-6,9-10,20H2,1-2H3/t11-,13-,15-,16?/m1/s1. The smallest absolute Gasteiger partial charge is 0.123 e. The predicted octanol–water partition coefficient (Wildman–Crippen LogP) is 3.46. The quantitative estimate of drug-likeness (QED) is 0.813. The van der Waals surface area contributed by atoms with E-state index in [0.29, 0.717) is 17.7 Å². The van der Waals surface area contributed by atoms with Crippen molar-refractivity contribution in [3.05, 3.63) is 35.6 Å². The average molecular weight is 296 g/mol. The van der Waals surface area contributed by atoms with Gasteiger partial charge in [-0.15, -0.1) is 9.24 Å². The van der Waals surface area contributed by atoms with Crippen LogP contribution in [0.15, 0.2) is 24.3 Å². The van der Waals surface area contributed by atoms with Crippen LogP contribution >= 0.6 is 9.24 Å². The zero-order valence-corrected chi connectivity index (χ0v) is 13.6. The van der Waals surface area contributed by atoms with Gasteiger partial charge in [-0.25, -0.2) is 4.39 Å². The second-order valence-electron chi connectivity index (χ2n) is 5.87. The molecule has 2 unspecified atom stereocenters. The maximum atomic E-state index is 12.9. The molecule has 0 aromatic heterocycles. The highest BCUT2D eigenvalue weighted by Gasteiger charge is 2.25. The lowest BCUT2D eigenvalue weighted by Crippen LogP contribution is -2.38. The fourth-order valence-electron chi connectivity index (χ4n) is 3.04. The molecule has 0 radical (unpaired) electrons. The van der Waals surface area contributed by atoms with E-state index in [-0.39, 0.29) is 11.9 Å². The Morgan fingerprint density at radius 2 is 1.75 bits per heavy atom. The van der Waals surface area contributed by atoms with Gasteiger partial charge in [-0.05, 0) is 63.3 Å². The monoisotopic (exact) mass is 296 g/mol. The Morgan fingerprint density at radius 1 is 1.15 bits per heavy atom. The summed E-state index contributed by atoms with van der Waals surface area (Å²) >= 11 is 0. The van der Waals surface area contributed by atoms with Crippen molar-refractivity contribution in [2.45, 2.75) is 50.5 Å². The number of nitrogens with one attached hydrogen (secondary N) is 2. The zero-order chi connectivity index (χ0) is 14.5. The molecule has 1 aliphatic carbocycles. The van der Waals surface area contributed by atoms with Crippen LogP contribution in [0.4, 0.5) is 4.39 Å². The molecule has 2 rings (SSSR count). The molecule has 1 saturated carbocycles. The van der Waals surface area contributed by atoms with Crippen molar-refractivity contribution in [1.82, 2.24) is 10.6 Å². The van der Waals surface area contributed by atoms with E-state index >= 15 is 0 Å². The van der Waals surface area contributed by atoms with Crippen LogP contribution in [0.25, 0.3) is 0 Å². The van der Waals surface area contributed by atoms with Crippen LogP contribution in [0.1, 0.15) is 44.2 Å². The highest BCUT2D eigenvalue weighted by molar-refractivity contribution is 7.17. The minimum absolute atomic E-state index is 0.172.